The summed E-state index contributed by atoms with van der Waals surface area (Å²) in [5.41, 5.74) is 15.8. The van der Waals surface area contributed by atoms with Crippen molar-refractivity contribution in [2.24, 2.45) is 5.92 Å². The molecule has 1 aliphatic rings. The number of allylic oxidation sites excluding steroid dienone is 2. The van der Waals surface area contributed by atoms with E-state index in [1.165, 1.54) is 92.0 Å². The van der Waals surface area contributed by atoms with E-state index < -0.39 is 0 Å². The van der Waals surface area contributed by atoms with Crippen LogP contribution in [0.3, 0.4) is 0 Å². The first-order valence-electron chi connectivity index (χ1n) is 20.4. The number of hydrogen-bond acceptors (Lipinski definition) is 2. The van der Waals surface area contributed by atoms with Crippen LogP contribution in [0.1, 0.15) is 17.4 Å². The first-order valence-corrected chi connectivity index (χ1v) is 21.2. The molecule has 1 atom stereocenters. The molecule has 59 heavy (non-hydrogen) atoms. The number of fused-ring (bicyclic) bond motifs is 9. The van der Waals surface area contributed by atoms with Gasteiger partial charge in [-0.3, -0.25) is 0 Å². The number of para-hydroxylation sites is 3. The van der Waals surface area contributed by atoms with Gasteiger partial charge in [-0.05, 0) is 93.9 Å². The van der Waals surface area contributed by atoms with Crippen molar-refractivity contribution >= 4 is 88.7 Å². The number of benzene rings is 8. The summed E-state index contributed by atoms with van der Waals surface area (Å²) in [6, 6.07) is 67.0. The molecule has 0 fully saturated rings. The Morgan fingerprint density at radius 1 is 0.441 bits per heavy atom. The van der Waals surface area contributed by atoms with Crippen LogP contribution in [0.2, 0.25) is 0 Å². The fourth-order valence-electron chi connectivity index (χ4n) is 9.34. The van der Waals surface area contributed by atoms with Crippen LogP contribution in [-0.2, 0) is 0 Å². The molecule has 0 radical (unpaired) electrons. The van der Waals surface area contributed by atoms with E-state index in [1.807, 2.05) is 11.3 Å². The quantitative estimate of drug-likeness (QED) is 0.163. The molecule has 0 N–H and O–H groups in total. The number of nitrogens with zero attached hydrogens (tertiary/aromatic N) is 2. The van der Waals surface area contributed by atoms with Gasteiger partial charge in [0, 0.05) is 59.1 Å². The van der Waals surface area contributed by atoms with Gasteiger partial charge in [0.15, 0.2) is 0 Å². The van der Waals surface area contributed by atoms with Crippen LogP contribution in [0.15, 0.2) is 194 Å². The summed E-state index contributed by atoms with van der Waals surface area (Å²) in [5.74, 6) is 0.456. The Hall–Kier alpha value is -7.20. The Morgan fingerprint density at radius 3 is 1.71 bits per heavy atom. The van der Waals surface area contributed by atoms with Crippen LogP contribution < -0.4 is 4.90 Å². The molecule has 0 saturated carbocycles. The highest BCUT2D eigenvalue weighted by Crippen LogP contribution is 2.44. The third-order valence-corrected chi connectivity index (χ3v) is 13.4. The highest BCUT2D eigenvalue weighted by Gasteiger charge is 2.20. The van der Waals surface area contributed by atoms with Crippen LogP contribution in [0.25, 0.3) is 93.7 Å². The highest BCUT2D eigenvalue weighted by atomic mass is 32.1. The summed E-state index contributed by atoms with van der Waals surface area (Å²) < 4.78 is 3.81. The van der Waals surface area contributed by atoms with Gasteiger partial charge in [-0.1, -0.05) is 159 Å². The average molecular weight is 771 g/mol. The van der Waals surface area contributed by atoms with Gasteiger partial charge in [0.25, 0.3) is 0 Å². The maximum atomic E-state index is 2.49. The third-order valence-electron chi connectivity index (χ3n) is 12.2. The Bertz CT molecular complexity index is 3420. The van der Waals surface area contributed by atoms with E-state index in [-0.39, 0.29) is 0 Å². The largest absolute Gasteiger partial charge is 0.311 e. The van der Waals surface area contributed by atoms with Crippen molar-refractivity contribution < 1.29 is 0 Å². The van der Waals surface area contributed by atoms with Gasteiger partial charge in [-0.25, -0.2) is 0 Å². The van der Waals surface area contributed by atoms with E-state index in [2.05, 4.69) is 223 Å². The minimum Gasteiger partial charge on any atom is -0.311 e. The molecular formula is C56H38N2S. The maximum Gasteiger partial charge on any atom is 0.0620 e. The first kappa shape index (κ1) is 33.9. The molecule has 8 aromatic carbocycles. The monoisotopic (exact) mass is 770 g/mol. The standard InChI is InChI=1S/C56H38N2S/c1-36-17-32-47-48-33-25-41(35-54(48)59-53(47)34-18-36)39-21-28-43(29-22-39)57(42-26-19-38(20-27-42)37-9-3-2-4-10-37)44-30-23-40(24-31-44)45-12-7-14-50-51-15-8-13-49-46-11-5-6-16-52(46)58(55(45)50)56(49)51/h2-36H,1H3. The van der Waals surface area contributed by atoms with Crippen LogP contribution in [0.4, 0.5) is 17.1 Å². The van der Waals surface area contributed by atoms with Gasteiger partial charge in [0.1, 0.15) is 0 Å². The van der Waals surface area contributed by atoms with Crippen molar-refractivity contribution in [3.05, 3.63) is 205 Å². The molecule has 3 heteroatoms. The summed E-state index contributed by atoms with van der Waals surface area (Å²) in [6.45, 7) is 2.24. The number of hydrogen-bond donors (Lipinski definition) is 0. The smallest absolute Gasteiger partial charge is 0.0620 e. The van der Waals surface area contributed by atoms with Crippen LogP contribution >= 0.6 is 11.3 Å². The Balaban J connectivity index is 0.946. The zero-order valence-corrected chi connectivity index (χ0v) is 33.3. The molecule has 12 rings (SSSR count). The molecular weight excluding hydrogens is 733 g/mol. The molecule has 1 unspecified atom stereocenters. The molecule has 3 aromatic heterocycles. The second-order valence-electron chi connectivity index (χ2n) is 15.8. The molecule has 0 spiro atoms. The van der Waals surface area contributed by atoms with E-state index in [1.54, 1.807) is 0 Å². The lowest BCUT2D eigenvalue weighted by Gasteiger charge is -2.26. The van der Waals surface area contributed by atoms with E-state index in [0.29, 0.717) is 5.92 Å². The van der Waals surface area contributed by atoms with Gasteiger partial charge in [0.2, 0.25) is 0 Å². The summed E-state index contributed by atoms with van der Waals surface area (Å²) >= 11 is 1.88. The summed E-state index contributed by atoms with van der Waals surface area (Å²) in [6.07, 6.45) is 9.18. The van der Waals surface area contributed by atoms with Crippen molar-refractivity contribution in [2.75, 3.05) is 4.90 Å². The van der Waals surface area contributed by atoms with Crippen molar-refractivity contribution in [3.8, 4) is 33.4 Å². The zero-order valence-electron chi connectivity index (χ0n) is 32.5. The van der Waals surface area contributed by atoms with Gasteiger partial charge >= 0.3 is 0 Å². The predicted molar refractivity (Wildman–Crippen MR) is 255 cm³/mol. The van der Waals surface area contributed by atoms with Gasteiger partial charge in [0.05, 0.1) is 16.6 Å². The van der Waals surface area contributed by atoms with Gasteiger partial charge in [-0.2, -0.15) is 0 Å². The van der Waals surface area contributed by atoms with Gasteiger partial charge in [-0.15, -0.1) is 11.3 Å². The summed E-state index contributed by atoms with van der Waals surface area (Å²) in [5, 5.41) is 6.52. The van der Waals surface area contributed by atoms with Crippen LogP contribution in [0, 0.1) is 5.92 Å². The minimum absolute atomic E-state index is 0.456. The highest BCUT2D eigenvalue weighted by molar-refractivity contribution is 7.20. The van der Waals surface area contributed by atoms with E-state index in [9.17, 15) is 0 Å². The lowest BCUT2D eigenvalue weighted by atomic mass is 10.00. The van der Waals surface area contributed by atoms with E-state index in [0.717, 1.165) is 17.1 Å². The second-order valence-corrected chi connectivity index (χ2v) is 16.9. The molecule has 278 valence electrons. The van der Waals surface area contributed by atoms with Gasteiger partial charge < -0.3 is 9.30 Å². The number of anilines is 3. The molecule has 11 aromatic rings. The van der Waals surface area contributed by atoms with Crippen LogP contribution in [0.5, 0.6) is 0 Å². The fourth-order valence-corrected chi connectivity index (χ4v) is 10.5. The summed E-state index contributed by atoms with van der Waals surface area (Å²) in [4.78, 5) is 3.71. The molecule has 2 nitrogen and oxygen atoms in total. The Labute approximate surface area is 347 Å². The van der Waals surface area contributed by atoms with E-state index >= 15 is 0 Å². The number of rotatable bonds is 6. The lowest BCUT2D eigenvalue weighted by Crippen LogP contribution is -2.09. The van der Waals surface area contributed by atoms with Crippen LogP contribution in [-0.4, -0.2) is 4.40 Å². The second kappa shape index (κ2) is 13.4. The first-order chi connectivity index (χ1) is 29.2. The molecule has 0 saturated heterocycles. The SMILES string of the molecule is CC1C=Cc2sc3cc(-c4ccc(N(c5ccc(-c6ccccc6)cc5)c5ccc(-c6cccc7c8cccc9c%10ccccc%10n(c67)c98)cc5)cc4)ccc3c2C=C1. The fraction of sp³-hybridized carbons (Fsp3) is 0.0357. The minimum atomic E-state index is 0.456. The van der Waals surface area contributed by atoms with Crippen molar-refractivity contribution in [1.82, 2.24) is 4.40 Å². The van der Waals surface area contributed by atoms with Crippen molar-refractivity contribution in [1.29, 1.82) is 0 Å². The molecule has 1 aliphatic carbocycles. The zero-order chi connectivity index (χ0) is 39.0. The number of thiophene rings is 1. The maximum absolute atomic E-state index is 2.49. The molecule has 0 aliphatic heterocycles. The Morgan fingerprint density at radius 2 is 0.983 bits per heavy atom. The molecule has 0 bridgehead atoms. The topological polar surface area (TPSA) is 7.65 Å². The average Bonchev–Trinajstić information content (AvgIpc) is 3.91. The normalized spacial score (nSPS) is 13.9. The molecule has 3 heterocycles. The predicted octanol–water partition coefficient (Wildman–Crippen LogP) is 16.2. The lowest BCUT2D eigenvalue weighted by molar-refractivity contribution is 0.954. The number of aromatic nitrogens is 1. The van der Waals surface area contributed by atoms with Crippen molar-refractivity contribution in [3.63, 3.8) is 0 Å². The molecule has 0 amide bonds. The van der Waals surface area contributed by atoms with E-state index in [4.69, 9.17) is 0 Å². The van der Waals surface area contributed by atoms with Crippen molar-refractivity contribution in [2.45, 2.75) is 6.92 Å². The summed E-state index contributed by atoms with van der Waals surface area (Å²) in [7, 11) is 0. The third kappa shape index (κ3) is 5.46. The Kier molecular flexibility index (Phi) is 7.72.